The summed E-state index contributed by atoms with van der Waals surface area (Å²) in [5.74, 6) is 0.493. The molecular formula is C20H27N5O2. The van der Waals surface area contributed by atoms with Gasteiger partial charge in [-0.1, -0.05) is 30.3 Å². The van der Waals surface area contributed by atoms with E-state index in [0.717, 1.165) is 45.0 Å². The number of morpholine rings is 1. The number of nitrogens with one attached hydrogen (secondary N) is 1. The van der Waals surface area contributed by atoms with Gasteiger partial charge >= 0.3 is 0 Å². The average Bonchev–Trinajstić information content (AvgIpc) is 2.73. The number of carbonyl (C=O) groups is 1. The van der Waals surface area contributed by atoms with Crippen LogP contribution in [0.2, 0.25) is 0 Å². The Morgan fingerprint density at radius 1 is 1.19 bits per heavy atom. The first-order valence-electron chi connectivity index (χ1n) is 9.45. The van der Waals surface area contributed by atoms with Crippen molar-refractivity contribution in [2.24, 2.45) is 0 Å². The van der Waals surface area contributed by atoms with Gasteiger partial charge in [-0.3, -0.25) is 9.69 Å². The van der Waals surface area contributed by atoms with Crippen molar-refractivity contribution in [3.8, 4) is 0 Å². The summed E-state index contributed by atoms with van der Waals surface area (Å²) in [6, 6.07) is 9.98. The molecule has 2 heterocycles. The van der Waals surface area contributed by atoms with Gasteiger partial charge in [0.1, 0.15) is 0 Å². The minimum Gasteiger partial charge on any atom is -0.379 e. The van der Waals surface area contributed by atoms with E-state index in [-0.39, 0.29) is 5.91 Å². The second-order valence-electron chi connectivity index (χ2n) is 6.48. The van der Waals surface area contributed by atoms with Crippen LogP contribution in [0.15, 0.2) is 42.7 Å². The normalized spacial score (nSPS) is 14.7. The largest absolute Gasteiger partial charge is 0.379 e. The molecule has 0 spiro atoms. The number of hydrogen-bond donors (Lipinski definition) is 1. The molecular weight excluding hydrogens is 342 g/mol. The zero-order valence-electron chi connectivity index (χ0n) is 15.8. The SMILES string of the molecule is CCN(Cc1ccccc1)C(=O)c1cnc(NCCN2CCOCC2)nc1. The molecule has 27 heavy (non-hydrogen) atoms. The van der Waals surface area contributed by atoms with Crippen LogP contribution in [0.5, 0.6) is 0 Å². The predicted molar refractivity (Wildman–Crippen MR) is 105 cm³/mol. The lowest BCUT2D eigenvalue weighted by atomic mass is 10.2. The Labute approximate surface area is 160 Å². The van der Waals surface area contributed by atoms with Crippen LogP contribution in [-0.2, 0) is 11.3 Å². The number of amides is 1. The lowest BCUT2D eigenvalue weighted by Gasteiger charge is -2.26. The van der Waals surface area contributed by atoms with Crippen LogP contribution in [0.1, 0.15) is 22.8 Å². The second kappa shape index (κ2) is 9.99. The summed E-state index contributed by atoms with van der Waals surface area (Å²) in [5, 5.41) is 3.21. The molecule has 144 valence electrons. The van der Waals surface area contributed by atoms with Gasteiger partial charge < -0.3 is 15.0 Å². The van der Waals surface area contributed by atoms with Gasteiger partial charge in [0.15, 0.2) is 0 Å². The molecule has 1 aliphatic rings. The van der Waals surface area contributed by atoms with Crippen LogP contribution in [0, 0.1) is 0 Å². The van der Waals surface area contributed by atoms with E-state index in [1.165, 1.54) is 0 Å². The Morgan fingerprint density at radius 3 is 2.56 bits per heavy atom. The minimum atomic E-state index is -0.0544. The van der Waals surface area contributed by atoms with Crippen molar-refractivity contribution in [2.75, 3.05) is 51.3 Å². The van der Waals surface area contributed by atoms with Gasteiger partial charge in [-0.2, -0.15) is 0 Å². The number of aromatic nitrogens is 2. The van der Waals surface area contributed by atoms with Crippen LogP contribution in [0.3, 0.4) is 0 Å². The maximum Gasteiger partial charge on any atom is 0.257 e. The summed E-state index contributed by atoms with van der Waals surface area (Å²) in [6.45, 7) is 8.39. The number of ether oxygens (including phenoxy) is 1. The van der Waals surface area contributed by atoms with E-state index in [2.05, 4.69) is 20.2 Å². The summed E-state index contributed by atoms with van der Waals surface area (Å²) in [7, 11) is 0. The first-order chi connectivity index (χ1) is 13.3. The van der Waals surface area contributed by atoms with Crippen LogP contribution in [0.25, 0.3) is 0 Å². The molecule has 1 saturated heterocycles. The highest BCUT2D eigenvalue weighted by Gasteiger charge is 2.16. The average molecular weight is 369 g/mol. The monoisotopic (exact) mass is 369 g/mol. The Balaban J connectivity index is 1.51. The zero-order chi connectivity index (χ0) is 18.9. The standard InChI is InChI=1S/C20H27N5O2/c1-2-25(16-17-6-4-3-5-7-17)19(26)18-14-22-20(23-15-18)21-8-9-24-10-12-27-13-11-24/h3-7,14-15H,2,8-13,16H2,1H3,(H,21,22,23). The molecule has 1 amide bonds. The molecule has 1 aliphatic heterocycles. The number of rotatable bonds is 8. The topological polar surface area (TPSA) is 70.6 Å². The van der Waals surface area contributed by atoms with Gasteiger partial charge in [0.05, 0.1) is 18.8 Å². The van der Waals surface area contributed by atoms with Gasteiger partial charge in [-0.25, -0.2) is 9.97 Å². The maximum atomic E-state index is 12.7. The lowest BCUT2D eigenvalue weighted by molar-refractivity contribution is 0.0398. The second-order valence-corrected chi connectivity index (χ2v) is 6.48. The lowest BCUT2D eigenvalue weighted by Crippen LogP contribution is -2.39. The number of benzene rings is 1. The third-order valence-electron chi connectivity index (χ3n) is 4.60. The van der Waals surface area contributed by atoms with E-state index in [4.69, 9.17) is 4.74 Å². The molecule has 1 aromatic heterocycles. The summed E-state index contributed by atoms with van der Waals surface area (Å²) < 4.78 is 5.34. The minimum absolute atomic E-state index is 0.0544. The Bertz CT molecular complexity index is 702. The van der Waals surface area contributed by atoms with E-state index in [0.29, 0.717) is 24.6 Å². The molecule has 7 heteroatoms. The van der Waals surface area contributed by atoms with E-state index >= 15 is 0 Å². The molecule has 1 aromatic carbocycles. The van der Waals surface area contributed by atoms with Gasteiger partial charge in [0, 0.05) is 51.7 Å². The van der Waals surface area contributed by atoms with Crippen molar-refractivity contribution in [3.05, 3.63) is 53.9 Å². The maximum absolute atomic E-state index is 12.7. The molecule has 0 bridgehead atoms. The van der Waals surface area contributed by atoms with Gasteiger partial charge in [0.25, 0.3) is 5.91 Å². The van der Waals surface area contributed by atoms with Gasteiger partial charge in [-0.05, 0) is 12.5 Å². The van der Waals surface area contributed by atoms with Crippen LogP contribution in [0.4, 0.5) is 5.95 Å². The van der Waals surface area contributed by atoms with Crippen molar-refractivity contribution in [2.45, 2.75) is 13.5 Å². The number of carbonyl (C=O) groups excluding carboxylic acids is 1. The first kappa shape index (κ1) is 19.3. The number of anilines is 1. The third kappa shape index (κ3) is 5.74. The van der Waals surface area contributed by atoms with Gasteiger partial charge in [0.2, 0.25) is 5.95 Å². The number of nitrogens with zero attached hydrogens (tertiary/aromatic N) is 4. The van der Waals surface area contributed by atoms with E-state index in [1.807, 2.05) is 37.3 Å². The molecule has 1 N–H and O–H groups in total. The molecule has 7 nitrogen and oxygen atoms in total. The van der Waals surface area contributed by atoms with E-state index in [1.54, 1.807) is 17.3 Å². The molecule has 0 aliphatic carbocycles. The summed E-state index contributed by atoms with van der Waals surface area (Å²) in [6.07, 6.45) is 3.19. The van der Waals surface area contributed by atoms with Crippen molar-refractivity contribution in [1.82, 2.24) is 19.8 Å². The summed E-state index contributed by atoms with van der Waals surface area (Å²) >= 11 is 0. The molecule has 1 fully saturated rings. The van der Waals surface area contributed by atoms with Crippen molar-refractivity contribution < 1.29 is 9.53 Å². The zero-order valence-corrected chi connectivity index (χ0v) is 15.8. The molecule has 0 atom stereocenters. The highest BCUT2D eigenvalue weighted by Crippen LogP contribution is 2.10. The molecule has 0 radical (unpaired) electrons. The van der Waals surface area contributed by atoms with E-state index < -0.39 is 0 Å². The fraction of sp³-hybridized carbons (Fsp3) is 0.450. The van der Waals surface area contributed by atoms with Gasteiger partial charge in [-0.15, -0.1) is 0 Å². The first-order valence-corrected chi connectivity index (χ1v) is 9.45. The highest BCUT2D eigenvalue weighted by atomic mass is 16.5. The molecule has 0 unspecified atom stereocenters. The smallest absolute Gasteiger partial charge is 0.257 e. The quantitative estimate of drug-likeness (QED) is 0.766. The third-order valence-corrected chi connectivity index (χ3v) is 4.60. The Kier molecular flexibility index (Phi) is 7.12. The van der Waals surface area contributed by atoms with Crippen molar-refractivity contribution >= 4 is 11.9 Å². The molecule has 3 rings (SSSR count). The predicted octanol–water partition coefficient (Wildman–Crippen LogP) is 1.88. The fourth-order valence-corrected chi connectivity index (χ4v) is 2.99. The van der Waals surface area contributed by atoms with Crippen LogP contribution < -0.4 is 5.32 Å². The fourth-order valence-electron chi connectivity index (χ4n) is 2.99. The number of hydrogen-bond acceptors (Lipinski definition) is 6. The molecule has 0 saturated carbocycles. The summed E-state index contributed by atoms with van der Waals surface area (Å²) in [4.78, 5) is 25.4. The van der Waals surface area contributed by atoms with Crippen molar-refractivity contribution in [3.63, 3.8) is 0 Å². The Hall–Kier alpha value is -2.51. The van der Waals surface area contributed by atoms with E-state index in [9.17, 15) is 4.79 Å². The van der Waals surface area contributed by atoms with Crippen LogP contribution in [-0.4, -0.2) is 71.6 Å². The molecule has 2 aromatic rings. The highest BCUT2D eigenvalue weighted by molar-refractivity contribution is 5.93. The summed E-state index contributed by atoms with van der Waals surface area (Å²) in [5.41, 5.74) is 1.61. The Morgan fingerprint density at radius 2 is 1.89 bits per heavy atom. The van der Waals surface area contributed by atoms with Crippen LogP contribution >= 0.6 is 0 Å². The van der Waals surface area contributed by atoms with Crippen molar-refractivity contribution in [1.29, 1.82) is 0 Å².